The van der Waals surface area contributed by atoms with E-state index < -0.39 is 10.8 Å². The van der Waals surface area contributed by atoms with Gasteiger partial charge in [-0.05, 0) is 30.7 Å². The first-order chi connectivity index (χ1) is 16.0. The Hall–Kier alpha value is -3.01. The Bertz CT molecular complexity index is 1140. The van der Waals surface area contributed by atoms with Crippen LogP contribution in [0.3, 0.4) is 0 Å². The number of hydrogen-bond acceptors (Lipinski definition) is 9. The Kier molecular flexibility index (Phi) is 6.01. The van der Waals surface area contributed by atoms with Gasteiger partial charge in [-0.25, -0.2) is 9.97 Å². The molecule has 0 unspecified atom stereocenters. The van der Waals surface area contributed by atoms with Crippen LogP contribution in [0.25, 0.3) is 0 Å². The molecule has 2 aromatic heterocycles. The second kappa shape index (κ2) is 9.09. The summed E-state index contributed by atoms with van der Waals surface area (Å²) < 4.78 is 23.5. The van der Waals surface area contributed by atoms with Crippen molar-refractivity contribution in [3.8, 4) is 5.88 Å². The van der Waals surface area contributed by atoms with E-state index in [9.17, 15) is 4.21 Å². The molecule has 174 valence electrons. The molecule has 2 aliphatic rings. The van der Waals surface area contributed by atoms with Crippen molar-refractivity contribution in [2.24, 2.45) is 0 Å². The molecule has 1 aromatic carbocycles. The predicted octanol–water partition coefficient (Wildman–Crippen LogP) is 3.46. The zero-order chi connectivity index (χ0) is 22.9. The number of nitrogens with zero attached hydrogens (tertiary/aromatic N) is 6. The third-order valence-corrected chi connectivity index (χ3v) is 7.08. The van der Waals surface area contributed by atoms with Gasteiger partial charge in [0.05, 0.1) is 5.56 Å². The van der Waals surface area contributed by atoms with Crippen LogP contribution in [0, 0.1) is 0 Å². The van der Waals surface area contributed by atoms with E-state index in [-0.39, 0.29) is 12.0 Å². The van der Waals surface area contributed by atoms with E-state index in [1.807, 2.05) is 24.3 Å². The molecule has 9 nitrogen and oxygen atoms in total. The molecule has 1 fully saturated rings. The molecule has 0 bridgehead atoms. The van der Waals surface area contributed by atoms with E-state index in [0.717, 1.165) is 66.7 Å². The van der Waals surface area contributed by atoms with Gasteiger partial charge in [0, 0.05) is 66.0 Å². The maximum absolute atomic E-state index is 11.7. The van der Waals surface area contributed by atoms with Gasteiger partial charge in [-0.3, -0.25) is 4.21 Å². The standard InChI is InChI=1S/C23H28N6O3S/c1-15(2)20-26-23(32-27-20)28-11-8-17(9-12-28)31-22-19-10-13-29(21(19)24-14-25-22)16-4-6-18(7-5-16)33(3)30/h4-7,14-15,17H,8-13H2,1-3H3/t33-/m1/s1. The molecule has 10 heteroatoms. The molecule has 4 heterocycles. The van der Waals surface area contributed by atoms with Gasteiger partial charge in [0.2, 0.25) is 5.88 Å². The maximum Gasteiger partial charge on any atom is 0.324 e. The minimum absolute atomic E-state index is 0.0839. The largest absolute Gasteiger partial charge is 0.474 e. The van der Waals surface area contributed by atoms with E-state index in [2.05, 4.69) is 43.8 Å². The molecule has 33 heavy (non-hydrogen) atoms. The molecule has 0 amide bonds. The lowest BCUT2D eigenvalue weighted by atomic mass is 10.1. The summed E-state index contributed by atoms with van der Waals surface area (Å²) in [6, 6.07) is 8.39. The smallest absolute Gasteiger partial charge is 0.324 e. The fraction of sp³-hybridized carbons (Fsp3) is 0.478. The molecule has 0 radical (unpaired) electrons. The summed E-state index contributed by atoms with van der Waals surface area (Å²) in [5.74, 6) is 2.54. The Morgan fingerprint density at radius 1 is 1.12 bits per heavy atom. The van der Waals surface area contributed by atoms with Crippen LogP contribution in [-0.2, 0) is 17.2 Å². The van der Waals surface area contributed by atoms with Crippen molar-refractivity contribution in [2.45, 2.75) is 50.0 Å². The molecule has 5 rings (SSSR count). The average molecular weight is 469 g/mol. The summed E-state index contributed by atoms with van der Waals surface area (Å²) in [5, 5.41) is 4.07. The van der Waals surface area contributed by atoms with Gasteiger partial charge >= 0.3 is 6.01 Å². The van der Waals surface area contributed by atoms with E-state index in [1.54, 1.807) is 12.6 Å². The molecule has 0 spiro atoms. The highest BCUT2D eigenvalue weighted by Crippen LogP contribution is 2.37. The molecular weight excluding hydrogens is 440 g/mol. The van der Waals surface area contributed by atoms with E-state index in [1.165, 1.54) is 0 Å². The monoisotopic (exact) mass is 468 g/mol. The summed E-state index contributed by atoms with van der Waals surface area (Å²) in [7, 11) is -0.989. The Labute approximate surface area is 195 Å². The molecule has 0 saturated carbocycles. The zero-order valence-electron chi connectivity index (χ0n) is 19.1. The Morgan fingerprint density at radius 2 is 1.88 bits per heavy atom. The Balaban J connectivity index is 1.25. The van der Waals surface area contributed by atoms with Gasteiger partial charge in [-0.2, -0.15) is 4.98 Å². The molecule has 2 aliphatic heterocycles. The number of ether oxygens (including phenoxy) is 1. The molecule has 0 N–H and O–H groups in total. The minimum Gasteiger partial charge on any atom is -0.474 e. The number of fused-ring (bicyclic) bond motifs is 1. The number of aromatic nitrogens is 4. The third kappa shape index (κ3) is 4.44. The first-order valence-corrected chi connectivity index (χ1v) is 12.9. The van der Waals surface area contributed by atoms with Crippen molar-refractivity contribution in [3.05, 3.63) is 42.0 Å². The molecule has 0 aliphatic carbocycles. The first kappa shape index (κ1) is 21.8. The van der Waals surface area contributed by atoms with E-state index in [0.29, 0.717) is 11.9 Å². The lowest BCUT2D eigenvalue weighted by molar-refractivity contribution is 0.160. The Morgan fingerprint density at radius 3 is 2.55 bits per heavy atom. The van der Waals surface area contributed by atoms with E-state index >= 15 is 0 Å². The fourth-order valence-corrected chi connectivity index (χ4v) is 4.77. The SMILES string of the molecule is CC(C)c1noc(N2CCC(Oc3ncnc4c3CCN4c3ccc([S@@](C)=O)cc3)CC2)n1. The summed E-state index contributed by atoms with van der Waals surface area (Å²) in [6.07, 6.45) is 5.89. The second-order valence-electron chi connectivity index (χ2n) is 8.72. The van der Waals surface area contributed by atoms with Crippen molar-refractivity contribution >= 4 is 28.3 Å². The predicted molar refractivity (Wildman–Crippen MR) is 126 cm³/mol. The fourth-order valence-electron chi connectivity index (χ4n) is 4.25. The lowest BCUT2D eigenvalue weighted by Gasteiger charge is -2.30. The topological polar surface area (TPSA) is 97.5 Å². The van der Waals surface area contributed by atoms with Crippen LogP contribution in [-0.4, -0.2) is 56.3 Å². The van der Waals surface area contributed by atoms with Crippen molar-refractivity contribution in [1.82, 2.24) is 20.1 Å². The summed E-state index contributed by atoms with van der Waals surface area (Å²) in [5.41, 5.74) is 2.07. The lowest BCUT2D eigenvalue weighted by Crippen LogP contribution is -2.38. The normalized spacial score (nSPS) is 17.5. The van der Waals surface area contributed by atoms with Crippen molar-refractivity contribution in [2.75, 3.05) is 35.7 Å². The molecule has 3 aromatic rings. The highest BCUT2D eigenvalue weighted by Gasteiger charge is 2.29. The van der Waals surface area contributed by atoms with E-state index in [4.69, 9.17) is 9.26 Å². The van der Waals surface area contributed by atoms with Crippen LogP contribution in [0.5, 0.6) is 5.88 Å². The van der Waals surface area contributed by atoms with Crippen LogP contribution in [0.1, 0.15) is 44.0 Å². The summed E-state index contributed by atoms with van der Waals surface area (Å²) >= 11 is 0. The van der Waals surface area contributed by atoms with Gasteiger partial charge in [0.25, 0.3) is 0 Å². The molecular formula is C23H28N6O3S. The van der Waals surface area contributed by atoms with Gasteiger partial charge in [-0.15, -0.1) is 0 Å². The summed E-state index contributed by atoms with van der Waals surface area (Å²) in [6.45, 7) is 6.52. The quantitative estimate of drug-likeness (QED) is 0.539. The van der Waals surface area contributed by atoms with Gasteiger partial charge in [-0.1, -0.05) is 19.0 Å². The van der Waals surface area contributed by atoms with Crippen molar-refractivity contribution in [1.29, 1.82) is 0 Å². The van der Waals surface area contributed by atoms with Crippen LogP contribution < -0.4 is 14.5 Å². The zero-order valence-corrected chi connectivity index (χ0v) is 19.9. The highest BCUT2D eigenvalue weighted by atomic mass is 32.2. The third-order valence-electron chi connectivity index (χ3n) is 6.14. The number of anilines is 3. The van der Waals surface area contributed by atoms with Crippen LogP contribution >= 0.6 is 0 Å². The first-order valence-electron chi connectivity index (χ1n) is 11.3. The highest BCUT2D eigenvalue weighted by molar-refractivity contribution is 7.84. The van der Waals surface area contributed by atoms with Crippen molar-refractivity contribution < 1.29 is 13.5 Å². The number of hydrogen-bond donors (Lipinski definition) is 0. The molecule has 1 saturated heterocycles. The number of benzene rings is 1. The van der Waals surface area contributed by atoms with Crippen molar-refractivity contribution in [3.63, 3.8) is 0 Å². The van der Waals surface area contributed by atoms with Crippen LogP contribution in [0.4, 0.5) is 17.5 Å². The second-order valence-corrected chi connectivity index (χ2v) is 10.1. The minimum atomic E-state index is -0.989. The van der Waals surface area contributed by atoms with Gasteiger partial charge < -0.3 is 19.1 Å². The van der Waals surface area contributed by atoms with Crippen LogP contribution in [0.2, 0.25) is 0 Å². The average Bonchev–Trinajstić information content (AvgIpc) is 3.48. The summed E-state index contributed by atoms with van der Waals surface area (Å²) in [4.78, 5) is 18.6. The number of piperidine rings is 1. The maximum atomic E-state index is 11.7. The van der Waals surface area contributed by atoms with Crippen LogP contribution in [0.15, 0.2) is 40.0 Å². The molecule has 1 atom stereocenters. The number of rotatable bonds is 6. The van der Waals surface area contributed by atoms with Gasteiger partial charge in [0.15, 0.2) is 5.82 Å². The van der Waals surface area contributed by atoms with Gasteiger partial charge in [0.1, 0.15) is 18.2 Å².